The fourth-order valence-electron chi connectivity index (χ4n) is 2.47. The lowest BCUT2D eigenvalue weighted by atomic mass is 10.0. The third kappa shape index (κ3) is 3.32. The van der Waals surface area contributed by atoms with E-state index in [0.717, 1.165) is 5.56 Å². The van der Waals surface area contributed by atoms with Gasteiger partial charge in [-0.1, -0.05) is 43.3 Å². The van der Waals surface area contributed by atoms with Gasteiger partial charge in [-0.2, -0.15) is 0 Å². The van der Waals surface area contributed by atoms with Gasteiger partial charge in [-0.25, -0.2) is 9.69 Å². The van der Waals surface area contributed by atoms with Crippen molar-refractivity contribution in [1.82, 2.24) is 4.90 Å². The summed E-state index contributed by atoms with van der Waals surface area (Å²) in [5, 5.41) is 0. The Morgan fingerprint density at radius 1 is 1.43 bits per heavy atom. The van der Waals surface area contributed by atoms with Crippen molar-refractivity contribution < 1.29 is 14.3 Å². The highest BCUT2D eigenvalue weighted by Gasteiger charge is 2.42. The first-order valence-corrected chi connectivity index (χ1v) is 7.24. The topological polar surface area (TPSA) is 46.6 Å². The van der Waals surface area contributed by atoms with Crippen molar-refractivity contribution >= 4 is 12.0 Å². The molecule has 2 amide bonds. The number of allylic oxidation sites excluding steroid dienone is 1. The number of rotatable bonds is 5. The molecule has 0 unspecified atom stereocenters. The molecule has 1 aliphatic heterocycles. The van der Waals surface area contributed by atoms with Crippen LogP contribution < -0.4 is 0 Å². The number of carbonyl (C=O) groups excluding carboxylic acids is 2. The Hall–Kier alpha value is -2.10. The van der Waals surface area contributed by atoms with Gasteiger partial charge in [-0.3, -0.25) is 4.79 Å². The number of hydrogen-bond donors (Lipinski definition) is 0. The van der Waals surface area contributed by atoms with Gasteiger partial charge in [-0.15, -0.1) is 6.58 Å². The van der Waals surface area contributed by atoms with E-state index >= 15 is 0 Å². The van der Waals surface area contributed by atoms with Gasteiger partial charge in [0.15, 0.2) is 0 Å². The minimum Gasteiger partial charge on any atom is -0.439 e. The van der Waals surface area contributed by atoms with E-state index in [1.165, 1.54) is 4.90 Å². The second-order valence-electron chi connectivity index (χ2n) is 5.47. The maximum atomic E-state index is 12.3. The van der Waals surface area contributed by atoms with Crippen LogP contribution in [0.2, 0.25) is 0 Å². The third-order valence-corrected chi connectivity index (χ3v) is 3.88. The summed E-state index contributed by atoms with van der Waals surface area (Å²) in [4.78, 5) is 25.5. The number of ether oxygens (including phenoxy) is 1. The monoisotopic (exact) mass is 287 g/mol. The van der Waals surface area contributed by atoms with Crippen LogP contribution in [0.1, 0.15) is 38.4 Å². The van der Waals surface area contributed by atoms with Crippen LogP contribution in [0.5, 0.6) is 0 Å². The predicted octanol–water partition coefficient (Wildman–Crippen LogP) is 3.70. The van der Waals surface area contributed by atoms with Crippen molar-refractivity contribution in [2.45, 2.75) is 38.8 Å². The number of imide groups is 1. The predicted molar refractivity (Wildman–Crippen MR) is 80.6 cm³/mol. The van der Waals surface area contributed by atoms with Crippen LogP contribution in [0.3, 0.4) is 0 Å². The van der Waals surface area contributed by atoms with E-state index in [1.54, 1.807) is 0 Å². The van der Waals surface area contributed by atoms with Gasteiger partial charge in [0.1, 0.15) is 6.10 Å². The Morgan fingerprint density at radius 3 is 2.71 bits per heavy atom. The minimum atomic E-state index is -0.549. The summed E-state index contributed by atoms with van der Waals surface area (Å²) in [6, 6.07) is 9.22. The first-order valence-electron chi connectivity index (χ1n) is 7.24. The molecule has 1 aromatic rings. The van der Waals surface area contributed by atoms with Crippen molar-refractivity contribution in [1.29, 1.82) is 0 Å². The summed E-state index contributed by atoms with van der Waals surface area (Å²) < 4.78 is 5.37. The van der Waals surface area contributed by atoms with Crippen LogP contribution in [0.15, 0.2) is 43.0 Å². The number of cyclic esters (lactones) is 1. The van der Waals surface area contributed by atoms with E-state index in [-0.39, 0.29) is 24.0 Å². The van der Waals surface area contributed by atoms with Gasteiger partial charge in [0.05, 0.1) is 6.04 Å². The van der Waals surface area contributed by atoms with Gasteiger partial charge < -0.3 is 4.74 Å². The molecule has 0 radical (unpaired) electrons. The fraction of sp³-hybridized carbons (Fsp3) is 0.412. The summed E-state index contributed by atoms with van der Waals surface area (Å²) in [5.41, 5.74) is 0.910. The van der Waals surface area contributed by atoms with E-state index in [2.05, 4.69) is 6.58 Å². The lowest BCUT2D eigenvalue weighted by Gasteiger charge is -2.19. The lowest BCUT2D eigenvalue weighted by molar-refractivity contribution is -0.129. The standard InChI is InChI=1S/C17H21NO3/c1-4-12(2)10-11-15(19)18-13(3)16(21-17(18)20)14-8-6-5-7-9-14/h4-9,12-13,16H,1,10-11H2,2-3H3/t12-,13-,16-/m1/s1. The SMILES string of the molecule is C=C[C@@H](C)CCC(=O)N1C(=O)O[C@@H](c2ccccc2)[C@H]1C. The Morgan fingerprint density at radius 2 is 2.10 bits per heavy atom. The van der Waals surface area contributed by atoms with Crippen LogP contribution in [0, 0.1) is 5.92 Å². The van der Waals surface area contributed by atoms with Crippen LogP contribution in [0.25, 0.3) is 0 Å². The normalized spacial score (nSPS) is 22.8. The van der Waals surface area contributed by atoms with Gasteiger partial charge in [-0.05, 0) is 24.8 Å². The molecule has 4 heteroatoms. The summed E-state index contributed by atoms with van der Waals surface area (Å²) in [7, 11) is 0. The molecule has 4 nitrogen and oxygen atoms in total. The summed E-state index contributed by atoms with van der Waals surface area (Å²) in [5.74, 6) is 0.0763. The third-order valence-electron chi connectivity index (χ3n) is 3.88. The van der Waals surface area contributed by atoms with E-state index in [1.807, 2.05) is 50.3 Å². The number of hydrogen-bond acceptors (Lipinski definition) is 3. The van der Waals surface area contributed by atoms with E-state index < -0.39 is 6.09 Å². The van der Waals surface area contributed by atoms with Crippen molar-refractivity contribution in [3.8, 4) is 0 Å². The summed E-state index contributed by atoms with van der Waals surface area (Å²) >= 11 is 0. The molecule has 2 rings (SSSR count). The van der Waals surface area contributed by atoms with Crippen molar-refractivity contribution in [2.24, 2.45) is 5.92 Å². The zero-order chi connectivity index (χ0) is 15.4. The number of benzene rings is 1. The molecular weight excluding hydrogens is 266 g/mol. The van der Waals surface area contributed by atoms with Crippen LogP contribution in [-0.2, 0) is 9.53 Å². The zero-order valence-corrected chi connectivity index (χ0v) is 12.5. The number of carbonyl (C=O) groups is 2. The lowest BCUT2D eigenvalue weighted by Crippen LogP contribution is -2.37. The molecule has 0 aromatic heterocycles. The molecular formula is C17H21NO3. The average molecular weight is 287 g/mol. The molecule has 112 valence electrons. The van der Waals surface area contributed by atoms with Crippen LogP contribution in [-0.4, -0.2) is 22.9 Å². The quantitative estimate of drug-likeness (QED) is 0.776. The first kappa shape index (κ1) is 15.3. The Balaban J connectivity index is 2.06. The van der Waals surface area contributed by atoms with Gasteiger partial charge >= 0.3 is 6.09 Å². The Labute approximate surface area is 125 Å². The highest BCUT2D eigenvalue weighted by molar-refractivity contribution is 5.93. The van der Waals surface area contributed by atoms with Crippen LogP contribution >= 0.6 is 0 Å². The number of amides is 2. The first-order chi connectivity index (χ1) is 10.0. The highest BCUT2D eigenvalue weighted by atomic mass is 16.6. The molecule has 0 N–H and O–H groups in total. The molecule has 1 fully saturated rings. The zero-order valence-electron chi connectivity index (χ0n) is 12.5. The second-order valence-corrected chi connectivity index (χ2v) is 5.47. The molecule has 0 spiro atoms. The van der Waals surface area contributed by atoms with Gasteiger partial charge in [0, 0.05) is 6.42 Å². The molecule has 1 aromatic carbocycles. The van der Waals surface area contributed by atoms with E-state index in [4.69, 9.17) is 4.74 Å². The molecule has 1 heterocycles. The smallest absolute Gasteiger partial charge is 0.417 e. The van der Waals surface area contributed by atoms with Crippen molar-refractivity contribution in [3.05, 3.63) is 48.6 Å². The van der Waals surface area contributed by atoms with Gasteiger partial charge in [0.25, 0.3) is 0 Å². The summed E-state index contributed by atoms with van der Waals surface area (Å²) in [6.07, 6.45) is 1.89. The van der Waals surface area contributed by atoms with Gasteiger partial charge in [0.2, 0.25) is 5.91 Å². The van der Waals surface area contributed by atoms with Crippen molar-refractivity contribution in [2.75, 3.05) is 0 Å². The molecule has 1 aliphatic rings. The highest BCUT2D eigenvalue weighted by Crippen LogP contribution is 2.32. The largest absolute Gasteiger partial charge is 0.439 e. The molecule has 0 saturated carbocycles. The second kappa shape index (κ2) is 6.57. The average Bonchev–Trinajstić information content (AvgIpc) is 2.80. The van der Waals surface area contributed by atoms with Crippen LogP contribution in [0.4, 0.5) is 4.79 Å². The molecule has 0 bridgehead atoms. The van der Waals surface area contributed by atoms with E-state index in [9.17, 15) is 9.59 Å². The number of nitrogens with zero attached hydrogens (tertiary/aromatic N) is 1. The molecule has 1 saturated heterocycles. The maximum Gasteiger partial charge on any atom is 0.417 e. The molecule has 0 aliphatic carbocycles. The molecule has 3 atom stereocenters. The maximum absolute atomic E-state index is 12.3. The minimum absolute atomic E-state index is 0.181. The Kier molecular flexibility index (Phi) is 4.78. The fourth-order valence-corrected chi connectivity index (χ4v) is 2.47. The van der Waals surface area contributed by atoms with Crippen molar-refractivity contribution in [3.63, 3.8) is 0 Å². The Bertz CT molecular complexity index is 526. The summed E-state index contributed by atoms with van der Waals surface area (Å²) in [6.45, 7) is 7.54. The molecule has 21 heavy (non-hydrogen) atoms. The van der Waals surface area contributed by atoms with E-state index in [0.29, 0.717) is 12.8 Å².